The Balaban J connectivity index is 2.00. The average Bonchev–Trinajstić information content (AvgIpc) is 2.25. The molecule has 0 unspecified atom stereocenters. The third-order valence-corrected chi connectivity index (χ3v) is 2.97. The van der Waals surface area contributed by atoms with Crippen LogP contribution in [0.25, 0.3) is 0 Å². The van der Waals surface area contributed by atoms with Crippen LogP contribution >= 0.6 is 0 Å². The summed E-state index contributed by atoms with van der Waals surface area (Å²) in [6.07, 6.45) is 3.72. The molecular formula is C11H16FN3O. The van der Waals surface area contributed by atoms with Crippen LogP contribution in [0.15, 0.2) is 6.33 Å². The molecule has 1 aromatic rings. The first-order chi connectivity index (χ1) is 7.74. The Morgan fingerprint density at radius 1 is 1.50 bits per heavy atom. The monoisotopic (exact) mass is 225 g/mol. The Kier molecular flexibility index (Phi) is 3.33. The minimum Gasteiger partial charge on any atom is -0.472 e. The maximum absolute atomic E-state index is 13.7. The lowest BCUT2D eigenvalue weighted by Crippen LogP contribution is -2.38. The normalized spacial score (nSPS) is 23.9. The van der Waals surface area contributed by atoms with Crippen LogP contribution in [-0.2, 0) is 6.42 Å². The molecule has 0 saturated heterocycles. The van der Waals surface area contributed by atoms with Gasteiger partial charge in [-0.1, -0.05) is 6.92 Å². The zero-order chi connectivity index (χ0) is 11.5. The van der Waals surface area contributed by atoms with E-state index in [-0.39, 0.29) is 12.0 Å². The van der Waals surface area contributed by atoms with Crippen molar-refractivity contribution < 1.29 is 9.13 Å². The highest BCUT2D eigenvalue weighted by Gasteiger charge is 2.30. The van der Waals surface area contributed by atoms with Crippen molar-refractivity contribution in [1.82, 2.24) is 9.97 Å². The minimum atomic E-state index is -0.429. The molecule has 0 aliphatic heterocycles. The predicted molar refractivity (Wildman–Crippen MR) is 57.6 cm³/mol. The molecule has 5 heteroatoms. The van der Waals surface area contributed by atoms with Gasteiger partial charge in [0.15, 0.2) is 0 Å². The largest absolute Gasteiger partial charge is 0.472 e. The molecule has 0 bridgehead atoms. The van der Waals surface area contributed by atoms with Crippen LogP contribution < -0.4 is 10.5 Å². The van der Waals surface area contributed by atoms with Crippen molar-refractivity contribution in [2.45, 2.75) is 32.3 Å². The number of rotatable bonds is 4. The van der Waals surface area contributed by atoms with Gasteiger partial charge >= 0.3 is 0 Å². The summed E-state index contributed by atoms with van der Waals surface area (Å²) in [6, 6.07) is 0. The van der Waals surface area contributed by atoms with E-state index in [0.29, 0.717) is 24.6 Å². The summed E-state index contributed by atoms with van der Waals surface area (Å²) in [5, 5.41) is 0. The van der Waals surface area contributed by atoms with Gasteiger partial charge in [0.2, 0.25) is 5.82 Å². The summed E-state index contributed by atoms with van der Waals surface area (Å²) >= 11 is 0. The molecule has 0 aromatic carbocycles. The Hall–Kier alpha value is -1.23. The van der Waals surface area contributed by atoms with Crippen LogP contribution in [0.2, 0.25) is 0 Å². The van der Waals surface area contributed by atoms with E-state index in [4.69, 9.17) is 10.5 Å². The van der Waals surface area contributed by atoms with Crippen LogP contribution in [0.4, 0.5) is 4.39 Å². The van der Waals surface area contributed by atoms with E-state index in [1.54, 1.807) is 0 Å². The van der Waals surface area contributed by atoms with E-state index in [0.717, 1.165) is 12.8 Å². The van der Waals surface area contributed by atoms with Crippen LogP contribution in [0.1, 0.15) is 25.5 Å². The van der Waals surface area contributed by atoms with Gasteiger partial charge in [-0.3, -0.25) is 0 Å². The van der Waals surface area contributed by atoms with Gasteiger partial charge in [-0.05, 0) is 31.7 Å². The molecule has 1 heterocycles. The SMILES string of the molecule is CCc1ncnc(OC2CC(CN)C2)c1F. The summed E-state index contributed by atoms with van der Waals surface area (Å²) in [5.74, 6) is 0.161. The first kappa shape index (κ1) is 11.3. The molecule has 4 nitrogen and oxygen atoms in total. The van der Waals surface area contributed by atoms with Crippen molar-refractivity contribution in [3.8, 4) is 5.88 Å². The highest BCUT2D eigenvalue weighted by molar-refractivity contribution is 5.17. The molecule has 88 valence electrons. The predicted octanol–water partition coefficient (Wildman–Crippen LogP) is 1.29. The molecule has 1 fully saturated rings. The van der Waals surface area contributed by atoms with Crippen LogP contribution in [0.5, 0.6) is 5.88 Å². The maximum Gasteiger partial charge on any atom is 0.254 e. The fourth-order valence-corrected chi connectivity index (χ4v) is 1.84. The summed E-state index contributed by atoms with van der Waals surface area (Å²) in [4.78, 5) is 7.67. The third-order valence-electron chi connectivity index (χ3n) is 2.97. The number of nitrogens with zero attached hydrogens (tertiary/aromatic N) is 2. The molecule has 0 atom stereocenters. The highest BCUT2D eigenvalue weighted by atomic mass is 19.1. The summed E-state index contributed by atoms with van der Waals surface area (Å²) in [5.41, 5.74) is 5.91. The zero-order valence-electron chi connectivity index (χ0n) is 9.32. The molecule has 16 heavy (non-hydrogen) atoms. The summed E-state index contributed by atoms with van der Waals surface area (Å²) in [7, 11) is 0. The molecule has 0 amide bonds. The third kappa shape index (κ3) is 2.14. The van der Waals surface area contributed by atoms with Crippen molar-refractivity contribution >= 4 is 0 Å². The second-order valence-corrected chi connectivity index (χ2v) is 4.11. The molecule has 0 radical (unpaired) electrons. The van der Waals surface area contributed by atoms with Crippen molar-refractivity contribution in [2.75, 3.05) is 6.54 Å². The number of nitrogens with two attached hydrogens (primary N) is 1. The van der Waals surface area contributed by atoms with Gasteiger partial charge in [-0.25, -0.2) is 4.98 Å². The van der Waals surface area contributed by atoms with Crippen molar-refractivity contribution in [2.24, 2.45) is 11.7 Å². The van der Waals surface area contributed by atoms with E-state index in [1.807, 2.05) is 6.92 Å². The number of hydrogen-bond donors (Lipinski definition) is 1. The first-order valence-electron chi connectivity index (χ1n) is 5.60. The maximum atomic E-state index is 13.7. The van der Waals surface area contributed by atoms with Crippen LogP contribution in [0, 0.1) is 11.7 Å². The van der Waals surface area contributed by atoms with Gasteiger partial charge in [0.05, 0.1) is 5.69 Å². The fourth-order valence-electron chi connectivity index (χ4n) is 1.84. The molecule has 1 saturated carbocycles. The number of halogens is 1. The van der Waals surface area contributed by atoms with Crippen molar-refractivity contribution in [3.05, 3.63) is 17.8 Å². The molecule has 2 rings (SSSR count). The summed E-state index contributed by atoms with van der Waals surface area (Å²) in [6.45, 7) is 2.52. The van der Waals surface area contributed by atoms with E-state index in [2.05, 4.69) is 9.97 Å². The average molecular weight is 225 g/mol. The lowest BCUT2D eigenvalue weighted by Gasteiger charge is -2.34. The number of hydrogen-bond acceptors (Lipinski definition) is 4. The molecule has 1 aromatic heterocycles. The quantitative estimate of drug-likeness (QED) is 0.838. The van der Waals surface area contributed by atoms with Crippen LogP contribution in [0.3, 0.4) is 0 Å². The first-order valence-corrected chi connectivity index (χ1v) is 5.60. The topological polar surface area (TPSA) is 61.0 Å². The number of ether oxygens (including phenoxy) is 1. The number of aryl methyl sites for hydroxylation is 1. The Morgan fingerprint density at radius 2 is 2.25 bits per heavy atom. The summed E-state index contributed by atoms with van der Waals surface area (Å²) < 4.78 is 19.2. The Bertz CT molecular complexity index is 366. The Labute approximate surface area is 94.0 Å². The lowest BCUT2D eigenvalue weighted by atomic mass is 9.82. The standard InChI is InChI=1S/C11H16FN3O/c1-2-9-10(12)11(15-6-14-9)16-8-3-7(4-8)5-13/h6-8H,2-5,13H2,1H3. The smallest absolute Gasteiger partial charge is 0.254 e. The number of aromatic nitrogens is 2. The van der Waals surface area contributed by atoms with E-state index in [1.165, 1.54) is 6.33 Å². The van der Waals surface area contributed by atoms with Gasteiger partial charge < -0.3 is 10.5 Å². The second kappa shape index (κ2) is 4.74. The van der Waals surface area contributed by atoms with Gasteiger partial charge in [0.25, 0.3) is 5.88 Å². The van der Waals surface area contributed by atoms with Crippen molar-refractivity contribution in [3.63, 3.8) is 0 Å². The van der Waals surface area contributed by atoms with Gasteiger partial charge in [-0.2, -0.15) is 9.37 Å². The molecular weight excluding hydrogens is 209 g/mol. The van der Waals surface area contributed by atoms with E-state index >= 15 is 0 Å². The van der Waals surface area contributed by atoms with E-state index < -0.39 is 5.82 Å². The lowest BCUT2D eigenvalue weighted by molar-refractivity contribution is 0.0604. The molecule has 2 N–H and O–H groups in total. The fraction of sp³-hybridized carbons (Fsp3) is 0.636. The zero-order valence-corrected chi connectivity index (χ0v) is 9.32. The second-order valence-electron chi connectivity index (χ2n) is 4.11. The van der Waals surface area contributed by atoms with Gasteiger partial charge in [-0.15, -0.1) is 0 Å². The molecule has 1 aliphatic rings. The van der Waals surface area contributed by atoms with Gasteiger partial charge in [0.1, 0.15) is 12.4 Å². The molecule has 1 aliphatic carbocycles. The Morgan fingerprint density at radius 3 is 2.88 bits per heavy atom. The van der Waals surface area contributed by atoms with Gasteiger partial charge in [0, 0.05) is 0 Å². The minimum absolute atomic E-state index is 0.0580. The van der Waals surface area contributed by atoms with Crippen LogP contribution in [-0.4, -0.2) is 22.6 Å². The van der Waals surface area contributed by atoms with E-state index in [9.17, 15) is 4.39 Å². The van der Waals surface area contributed by atoms with Crippen molar-refractivity contribution in [1.29, 1.82) is 0 Å². The highest BCUT2D eigenvalue weighted by Crippen LogP contribution is 2.30. The molecule has 0 spiro atoms.